The summed E-state index contributed by atoms with van der Waals surface area (Å²) in [5.74, 6) is -0.0330. The highest BCUT2D eigenvalue weighted by Crippen LogP contribution is 2.15. The lowest BCUT2D eigenvalue weighted by Crippen LogP contribution is -2.14. The lowest BCUT2D eigenvalue weighted by Gasteiger charge is -2.02. The van der Waals surface area contributed by atoms with Gasteiger partial charge in [0.25, 0.3) is 5.91 Å². The Morgan fingerprint density at radius 2 is 1.80 bits per heavy atom. The van der Waals surface area contributed by atoms with E-state index in [0.29, 0.717) is 22.9 Å². The first-order valence-corrected chi connectivity index (χ1v) is 6.24. The molecule has 0 saturated carbocycles. The highest BCUT2D eigenvalue weighted by Gasteiger charge is 2.10. The number of anilines is 1. The quantitative estimate of drug-likeness (QED) is 0.792. The molecule has 6 nitrogen and oxygen atoms in total. The molecular weight excluding hydrogens is 256 g/mol. The molecule has 0 aliphatic rings. The van der Waals surface area contributed by atoms with E-state index in [1.807, 2.05) is 13.8 Å². The number of nitrogens with one attached hydrogen (secondary N) is 2. The molecule has 0 saturated heterocycles. The van der Waals surface area contributed by atoms with E-state index < -0.39 is 5.91 Å². The molecule has 0 spiro atoms. The molecule has 0 bridgehead atoms. The van der Waals surface area contributed by atoms with Crippen molar-refractivity contribution in [3.05, 3.63) is 47.2 Å². The number of aromatic amines is 1. The van der Waals surface area contributed by atoms with Crippen molar-refractivity contribution in [2.24, 2.45) is 5.73 Å². The molecule has 1 aromatic carbocycles. The number of nitrogens with zero attached hydrogens (tertiary/aromatic N) is 1. The zero-order valence-corrected chi connectivity index (χ0v) is 11.3. The summed E-state index contributed by atoms with van der Waals surface area (Å²) in [6.45, 7) is 4.06. The standard InChI is InChI=1S/C14H16N4O2/c1-8(2)11-7-12(18-17-11)16-14(20)10-5-3-9(4-6-10)13(15)19/h3-8H,1-2H3,(H2,15,19)(H2,16,17,18,20). The van der Waals surface area contributed by atoms with E-state index in [1.165, 1.54) is 12.1 Å². The number of aromatic nitrogens is 2. The Labute approximate surface area is 116 Å². The zero-order valence-electron chi connectivity index (χ0n) is 11.3. The summed E-state index contributed by atoms with van der Waals surface area (Å²) < 4.78 is 0. The Morgan fingerprint density at radius 3 is 2.30 bits per heavy atom. The smallest absolute Gasteiger partial charge is 0.256 e. The summed E-state index contributed by atoms with van der Waals surface area (Å²) in [5, 5.41) is 9.56. The highest BCUT2D eigenvalue weighted by molar-refractivity contribution is 6.04. The minimum absolute atomic E-state index is 0.289. The Bertz CT molecular complexity index is 629. The molecule has 0 atom stereocenters. The van der Waals surface area contributed by atoms with Gasteiger partial charge in [0.05, 0.1) is 0 Å². The third kappa shape index (κ3) is 3.03. The minimum Gasteiger partial charge on any atom is -0.366 e. The van der Waals surface area contributed by atoms with Crippen molar-refractivity contribution in [1.82, 2.24) is 10.2 Å². The predicted molar refractivity (Wildman–Crippen MR) is 75.6 cm³/mol. The van der Waals surface area contributed by atoms with Gasteiger partial charge >= 0.3 is 0 Å². The Morgan fingerprint density at radius 1 is 1.20 bits per heavy atom. The monoisotopic (exact) mass is 272 g/mol. The molecule has 2 rings (SSSR count). The second kappa shape index (κ2) is 5.56. The molecule has 2 amide bonds. The van der Waals surface area contributed by atoms with Crippen LogP contribution in [0.25, 0.3) is 0 Å². The van der Waals surface area contributed by atoms with E-state index in [4.69, 9.17) is 5.73 Å². The van der Waals surface area contributed by atoms with Crippen LogP contribution in [0.2, 0.25) is 0 Å². The van der Waals surface area contributed by atoms with Gasteiger partial charge in [-0.2, -0.15) is 5.10 Å². The van der Waals surface area contributed by atoms with Crippen LogP contribution >= 0.6 is 0 Å². The maximum atomic E-state index is 12.0. The lowest BCUT2D eigenvalue weighted by molar-refractivity contribution is 0.0995. The first-order chi connectivity index (χ1) is 9.47. The van der Waals surface area contributed by atoms with Crippen molar-refractivity contribution in [2.45, 2.75) is 19.8 Å². The Balaban J connectivity index is 2.09. The van der Waals surface area contributed by atoms with Crippen LogP contribution in [0.3, 0.4) is 0 Å². The summed E-state index contributed by atoms with van der Waals surface area (Å²) >= 11 is 0. The third-order valence-electron chi connectivity index (χ3n) is 2.89. The molecule has 104 valence electrons. The van der Waals surface area contributed by atoms with Crippen LogP contribution < -0.4 is 11.1 Å². The van der Waals surface area contributed by atoms with Gasteiger partial charge in [0, 0.05) is 22.9 Å². The fraction of sp³-hybridized carbons (Fsp3) is 0.214. The van der Waals surface area contributed by atoms with Crippen molar-refractivity contribution in [3.8, 4) is 0 Å². The number of H-pyrrole nitrogens is 1. The van der Waals surface area contributed by atoms with Gasteiger partial charge in [-0.3, -0.25) is 14.7 Å². The maximum Gasteiger partial charge on any atom is 0.256 e. The molecule has 1 aromatic heterocycles. The van der Waals surface area contributed by atoms with E-state index >= 15 is 0 Å². The molecule has 1 heterocycles. The fourth-order valence-corrected chi connectivity index (χ4v) is 1.67. The number of carbonyl (C=O) groups is 2. The molecule has 0 radical (unpaired) electrons. The van der Waals surface area contributed by atoms with Crippen molar-refractivity contribution in [3.63, 3.8) is 0 Å². The molecular formula is C14H16N4O2. The largest absolute Gasteiger partial charge is 0.366 e. The molecule has 0 unspecified atom stereocenters. The second-order valence-electron chi connectivity index (χ2n) is 4.76. The topological polar surface area (TPSA) is 101 Å². The summed E-state index contributed by atoms with van der Waals surface area (Å²) in [4.78, 5) is 22.9. The lowest BCUT2D eigenvalue weighted by atomic mass is 10.1. The van der Waals surface area contributed by atoms with Gasteiger partial charge in [0.15, 0.2) is 5.82 Å². The van der Waals surface area contributed by atoms with Crippen molar-refractivity contribution in [1.29, 1.82) is 0 Å². The van der Waals surface area contributed by atoms with Gasteiger partial charge in [-0.25, -0.2) is 0 Å². The van der Waals surface area contributed by atoms with Crippen LogP contribution in [0.15, 0.2) is 30.3 Å². The number of nitrogens with two attached hydrogens (primary N) is 1. The number of primary amides is 1. The highest BCUT2D eigenvalue weighted by atomic mass is 16.2. The normalized spacial score (nSPS) is 10.6. The second-order valence-corrected chi connectivity index (χ2v) is 4.76. The number of hydrogen-bond donors (Lipinski definition) is 3. The van der Waals surface area contributed by atoms with Crippen molar-refractivity contribution >= 4 is 17.6 Å². The Hall–Kier alpha value is -2.63. The van der Waals surface area contributed by atoms with E-state index in [1.54, 1.807) is 18.2 Å². The number of benzene rings is 1. The summed E-state index contributed by atoms with van der Waals surface area (Å²) in [7, 11) is 0. The van der Waals surface area contributed by atoms with E-state index in [2.05, 4.69) is 15.5 Å². The van der Waals surface area contributed by atoms with Crippen molar-refractivity contribution < 1.29 is 9.59 Å². The molecule has 4 N–H and O–H groups in total. The van der Waals surface area contributed by atoms with Gasteiger partial charge in [-0.1, -0.05) is 13.8 Å². The molecule has 0 aliphatic carbocycles. The SMILES string of the molecule is CC(C)c1cc(NC(=O)c2ccc(C(N)=O)cc2)n[nH]1. The average molecular weight is 272 g/mol. The molecule has 6 heteroatoms. The van der Waals surface area contributed by atoms with Gasteiger partial charge in [0.2, 0.25) is 5.91 Å². The minimum atomic E-state index is -0.522. The van der Waals surface area contributed by atoms with E-state index in [0.717, 1.165) is 5.69 Å². The summed E-state index contributed by atoms with van der Waals surface area (Å²) in [6.07, 6.45) is 0. The summed E-state index contributed by atoms with van der Waals surface area (Å²) in [5.41, 5.74) is 6.89. The maximum absolute atomic E-state index is 12.0. The first-order valence-electron chi connectivity index (χ1n) is 6.24. The van der Waals surface area contributed by atoms with E-state index in [9.17, 15) is 9.59 Å². The van der Waals surface area contributed by atoms with Crippen LogP contribution in [0.4, 0.5) is 5.82 Å². The van der Waals surface area contributed by atoms with Gasteiger partial charge in [-0.15, -0.1) is 0 Å². The summed E-state index contributed by atoms with van der Waals surface area (Å²) in [6, 6.07) is 7.92. The molecule has 2 aromatic rings. The van der Waals surface area contributed by atoms with Crippen LogP contribution in [-0.2, 0) is 0 Å². The first kappa shape index (κ1) is 13.8. The van der Waals surface area contributed by atoms with Crippen LogP contribution in [0, 0.1) is 0 Å². The third-order valence-corrected chi connectivity index (χ3v) is 2.89. The molecule has 20 heavy (non-hydrogen) atoms. The number of carbonyl (C=O) groups excluding carboxylic acids is 2. The van der Waals surface area contributed by atoms with E-state index in [-0.39, 0.29) is 5.91 Å². The van der Waals surface area contributed by atoms with Crippen LogP contribution in [0.5, 0.6) is 0 Å². The van der Waals surface area contributed by atoms with Gasteiger partial charge in [-0.05, 0) is 30.2 Å². The fourth-order valence-electron chi connectivity index (χ4n) is 1.67. The zero-order chi connectivity index (χ0) is 14.7. The van der Waals surface area contributed by atoms with Gasteiger partial charge < -0.3 is 11.1 Å². The van der Waals surface area contributed by atoms with Crippen molar-refractivity contribution in [2.75, 3.05) is 5.32 Å². The predicted octanol–water partition coefficient (Wildman–Crippen LogP) is 1.88. The number of amides is 2. The number of rotatable bonds is 4. The Kier molecular flexibility index (Phi) is 3.84. The molecule has 0 fully saturated rings. The average Bonchev–Trinajstić information content (AvgIpc) is 2.87. The molecule has 0 aliphatic heterocycles. The van der Waals surface area contributed by atoms with Crippen LogP contribution in [-0.4, -0.2) is 22.0 Å². The van der Waals surface area contributed by atoms with Crippen LogP contribution in [0.1, 0.15) is 46.2 Å². The number of hydrogen-bond acceptors (Lipinski definition) is 3. The van der Waals surface area contributed by atoms with Gasteiger partial charge in [0.1, 0.15) is 0 Å².